The number of carbonyl (C=O) groups excluding carboxylic acids is 8. The summed E-state index contributed by atoms with van der Waals surface area (Å²) in [4.78, 5) is 117. The van der Waals surface area contributed by atoms with Gasteiger partial charge in [0.15, 0.2) is 80.1 Å². The number of allylic oxidation sites excluding steroid dienone is 1. The Labute approximate surface area is 853 Å². The van der Waals surface area contributed by atoms with Crippen LogP contribution in [0.3, 0.4) is 0 Å². The van der Waals surface area contributed by atoms with Crippen LogP contribution in [0.2, 0.25) is 0 Å². The third kappa shape index (κ3) is 18.3. The number of nitrogens with zero attached hydrogens (tertiary/aromatic N) is 6. The number of nitriles is 2. The second-order valence-corrected chi connectivity index (χ2v) is 41.5. The first-order valence-electron chi connectivity index (χ1n) is 46.8. The minimum absolute atomic E-state index is 0. The number of amides is 2. The number of esters is 5. The second-order valence-electron chi connectivity index (χ2n) is 38.8. The highest BCUT2D eigenvalue weighted by Crippen LogP contribution is 2.69. The van der Waals surface area contributed by atoms with Crippen molar-refractivity contribution in [3.05, 3.63) is 209 Å². The van der Waals surface area contributed by atoms with Gasteiger partial charge in [-0.2, -0.15) is 10.5 Å². The normalized spacial score (nSPS) is 24.4. The number of phenolic OH excluding ortho intramolecular Hbond substituents is 3. The lowest BCUT2D eigenvalue weighted by Gasteiger charge is -2.62. The van der Waals surface area contributed by atoms with E-state index < -0.39 is 140 Å². The van der Waals surface area contributed by atoms with Crippen molar-refractivity contribution in [3.8, 4) is 92.6 Å². The molecule has 145 heavy (non-hydrogen) atoms. The third-order valence-electron chi connectivity index (χ3n) is 28.1. The molecule has 14 atom stereocenters. The van der Waals surface area contributed by atoms with Gasteiger partial charge in [0.1, 0.15) is 48.0 Å². The number of fused-ring (bicyclic) bond motifs is 18. The zero-order chi connectivity index (χ0) is 102. The molecule has 37 heteroatoms. The van der Waals surface area contributed by atoms with Crippen molar-refractivity contribution >= 4 is 94.6 Å². The Bertz CT molecular complexity index is 6710. The number of piperazine rings is 2. The molecule has 2 spiro atoms. The highest BCUT2D eigenvalue weighted by atomic mass is 35.5. The number of hydrogen-bond acceptors (Lipinski definition) is 34. The van der Waals surface area contributed by atoms with E-state index in [0.29, 0.717) is 121 Å². The fourth-order valence-corrected chi connectivity index (χ4v) is 26.1. The first-order valence-corrected chi connectivity index (χ1v) is 49.3. The number of thioether (sulfide) groups is 2. The number of aromatic hydroxyl groups is 3. The maximum atomic E-state index is 15.3. The summed E-state index contributed by atoms with van der Waals surface area (Å²) < 4.78 is 91.1. The van der Waals surface area contributed by atoms with Gasteiger partial charge < -0.3 is 86.4 Å². The Morgan fingerprint density at radius 1 is 0.503 bits per heavy atom. The highest BCUT2D eigenvalue weighted by Gasteiger charge is 2.67. The maximum Gasteiger partial charge on any atom is 0.411 e. The predicted octanol–water partition coefficient (Wildman–Crippen LogP) is 16.2. The molecule has 0 radical (unpaired) electrons. The summed E-state index contributed by atoms with van der Waals surface area (Å²) in [7, 11) is 5.82. The number of rotatable bonds is 11. The van der Waals surface area contributed by atoms with Crippen molar-refractivity contribution in [1.82, 2.24) is 30.2 Å². The van der Waals surface area contributed by atoms with Crippen molar-refractivity contribution in [2.24, 2.45) is 0 Å². The Morgan fingerprint density at radius 3 is 1.30 bits per heavy atom. The summed E-state index contributed by atoms with van der Waals surface area (Å²) in [5.74, 6) is -0.537. The van der Waals surface area contributed by atoms with Crippen LogP contribution in [0.1, 0.15) is 205 Å². The molecule has 5 N–H and O–H groups in total. The Morgan fingerprint density at radius 2 is 0.910 bits per heavy atom. The predicted molar refractivity (Wildman–Crippen MR) is 536 cm³/mol. The quantitative estimate of drug-likeness (QED) is 0.0264. The monoisotopic (exact) mass is 2040 g/mol. The van der Waals surface area contributed by atoms with Crippen LogP contribution >= 0.6 is 35.1 Å². The molecule has 2 unspecified atom stereocenters. The van der Waals surface area contributed by atoms with Gasteiger partial charge in [0.25, 0.3) is 0 Å². The van der Waals surface area contributed by atoms with E-state index in [1.54, 1.807) is 102 Å². The molecule has 14 aliphatic rings. The molecule has 8 bridgehead atoms. The fraction of sp³-hybridized carbons (Fsp3) is 0.426. The molecule has 2 amide bonds. The first kappa shape index (κ1) is 104. The number of carbonyl (C=O) groups is 8. The van der Waals surface area contributed by atoms with Gasteiger partial charge in [-0.05, 0) is 199 Å². The average molecular weight is 2040 g/mol. The number of hydrogen-bond donors (Lipinski definition) is 5. The van der Waals surface area contributed by atoms with Gasteiger partial charge in [0, 0.05) is 89.0 Å². The zero-order valence-corrected chi connectivity index (χ0v) is 84.0. The van der Waals surface area contributed by atoms with Crippen LogP contribution in [-0.4, -0.2) is 209 Å². The number of phenols is 3. The first-order chi connectivity index (χ1) is 68.3. The van der Waals surface area contributed by atoms with Gasteiger partial charge >= 0.3 is 42.0 Å². The lowest BCUT2D eigenvalue weighted by Crippen LogP contribution is -2.71. The lowest BCUT2D eigenvalue weighted by atomic mass is 9.71. The van der Waals surface area contributed by atoms with Crippen molar-refractivity contribution in [3.63, 3.8) is 0 Å². The number of aryl methyl sites for hydroxylation is 2. The van der Waals surface area contributed by atoms with Crippen LogP contribution in [-0.2, 0) is 84.5 Å². The van der Waals surface area contributed by atoms with Crippen molar-refractivity contribution in [2.45, 2.75) is 217 Å². The summed E-state index contributed by atoms with van der Waals surface area (Å²) in [6, 6.07) is 25.1. The zero-order valence-electron chi connectivity index (χ0n) is 81.6. The third-order valence-corrected chi connectivity index (χ3v) is 31.2. The van der Waals surface area contributed by atoms with E-state index >= 15 is 4.79 Å². The molecule has 0 aromatic heterocycles. The summed E-state index contributed by atoms with van der Waals surface area (Å²) >= 11 is 7.79. The van der Waals surface area contributed by atoms with Gasteiger partial charge in [-0.15, -0.1) is 23.5 Å². The molecule has 22 rings (SSSR count). The van der Waals surface area contributed by atoms with Gasteiger partial charge in [-0.1, -0.05) is 93.7 Å². The lowest BCUT2D eigenvalue weighted by molar-refractivity contribution is -0.158. The average Bonchev–Trinajstić information content (AvgIpc) is 0.837. The topological polar surface area (TPSA) is 420 Å². The van der Waals surface area contributed by atoms with E-state index in [9.17, 15) is 59.4 Å². The SMILES string of the molecule is C.C.COc1cc2c(cc1O)CCN[C@]21CS[C@@H]2c3c(OC(C)=O)c(C)c4c(c3[C@H](COC1=O)N1C2[C@H]2c3c(cc(C)c(OC)c3O)C[C@@H]([C@@H]1C#N)N2C(=O)OC(C)(C)C)OCO4.COc1cc2c(cc1OC(=O)/C=C/c1ccccc1)CCN[C@]21CS[C@@H]2c3c(OC(C)=O)c(C)c4c(c3[C@H](COC1=O)N1C2[C@H]2c3c(cc(C)c(OC)c3O)C[C@@H]([C@@H]1C#N)N2C(=O)OC(C)(C)C)OCO4.O=C(Cl)/C=C/c1ccccc1. The van der Waals surface area contributed by atoms with Crippen LogP contribution in [0.4, 0.5) is 9.59 Å². The van der Waals surface area contributed by atoms with E-state index in [2.05, 4.69) is 22.8 Å². The van der Waals surface area contributed by atoms with Crippen LogP contribution in [0, 0.1) is 50.4 Å². The van der Waals surface area contributed by atoms with Crippen LogP contribution < -0.4 is 62.7 Å². The largest absolute Gasteiger partial charge is 0.504 e. The van der Waals surface area contributed by atoms with Crippen LogP contribution in [0.25, 0.3) is 12.2 Å². The molecule has 14 heterocycles. The number of benzene rings is 8. The second kappa shape index (κ2) is 40.8. The highest BCUT2D eigenvalue weighted by molar-refractivity contribution is 7.99. The molecule has 4 saturated heterocycles. The van der Waals surface area contributed by atoms with E-state index in [1.807, 2.05) is 96.4 Å². The van der Waals surface area contributed by atoms with Crippen LogP contribution in [0.15, 0.2) is 109 Å². The van der Waals surface area contributed by atoms with Gasteiger partial charge in [0.05, 0.1) is 99.4 Å². The molecule has 8 aromatic rings. The Kier molecular flexibility index (Phi) is 29.3. The molecule has 0 aliphatic carbocycles. The fourth-order valence-electron chi connectivity index (χ4n) is 22.6. The van der Waals surface area contributed by atoms with E-state index in [-0.39, 0.29) is 123 Å². The molecule has 4 fully saturated rings. The molecule has 8 aromatic carbocycles. The number of halogens is 1. The van der Waals surface area contributed by atoms with Crippen molar-refractivity contribution < 1.29 is 125 Å². The smallest absolute Gasteiger partial charge is 0.411 e. The summed E-state index contributed by atoms with van der Waals surface area (Å²) in [6.45, 7) is 20.2. The van der Waals surface area contributed by atoms with Crippen molar-refractivity contribution in [2.75, 3.05) is 79.8 Å². The Hall–Kier alpha value is -13.6. The molecule has 34 nitrogen and oxygen atoms in total. The number of nitrogens with one attached hydrogen (secondary N) is 2. The standard InChI is InChI=1S/C53H54N4O13S.C44H48N4O12S.C9H7ClO.2CH4/c1-26-18-31-19-33-34(22-54)56-35-23-65-50(61)53(32-21-36(63-7)37(20-30(32)16-17-55-53)69-38(59)15-14-29-12-10-9-11-13-29)24-71-49(41-40(35)48-47(66-25-67-48)27(2)46(41)68-28(3)58)43(56)42(39(31)44(60)45(26)64-8)57(33)51(62)70-52(4,5)6;1-19-11-23-12-25-26(15-45)47-27-16-56-41(52)44(24-14-29(54-7)28(50)13-22(24)9-10-46-44)17-61-40(32-31(27)39-38(57-18-58-39)20(2)37(32)59-21(3)49)34(47)33(30(23)35(51)36(19)55-8)48(25)42(53)60-43(4,5)6;10-9(11)7-6-8-4-2-1-3-5-8;;/h9-15,18,20-21,33-35,42-43,49,55,60H,16-17,19,23-25H2,1-8H3;11,13-14,25-27,33-34,40,46,50-51H,9-10,12,16-18H2,1-8H3;1-7H;2*1H4/b15-14+;;7-6+;;/t33-,34-,35-,42+,43?,49+,53+;25-,26-,27-,33+,34?,40+,44+;;;/m00.../s1. The molecular weight excluding hydrogens is 1920 g/mol. The van der Waals surface area contributed by atoms with Crippen molar-refractivity contribution in [1.29, 1.82) is 10.5 Å². The molecule has 14 aliphatic heterocycles. The maximum absolute atomic E-state index is 15.3. The van der Waals surface area contributed by atoms with Gasteiger partial charge in [-0.25, -0.2) is 24.0 Å². The summed E-state index contributed by atoms with van der Waals surface area (Å²) in [5.41, 5.74) is 6.17. The molecular formula is C108H117ClN8O26S2. The van der Waals surface area contributed by atoms with E-state index in [4.69, 9.17) is 82.7 Å². The van der Waals surface area contributed by atoms with E-state index in [1.165, 1.54) is 78.0 Å². The summed E-state index contributed by atoms with van der Waals surface area (Å²) in [6.07, 6.45) is 5.92. The van der Waals surface area contributed by atoms with E-state index in [0.717, 1.165) is 27.8 Å². The number of ether oxygens (including phenoxy) is 15. The minimum atomic E-state index is -1.56. The Balaban J connectivity index is 0.000000187. The van der Waals surface area contributed by atoms with Gasteiger partial charge in [-0.3, -0.25) is 44.6 Å². The van der Waals surface area contributed by atoms with Gasteiger partial charge in [0.2, 0.25) is 18.8 Å². The van der Waals surface area contributed by atoms with Crippen LogP contribution in [0.5, 0.6) is 80.5 Å². The molecule has 0 saturated carbocycles. The molecule has 764 valence electrons. The summed E-state index contributed by atoms with van der Waals surface area (Å²) in [5, 5.41) is 63.4. The number of methoxy groups -OCH3 is 4. The minimum Gasteiger partial charge on any atom is -0.504 e.